The van der Waals surface area contributed by atoms with Gasteiger partial charge in [-0.1, -0.05) is 0 Å². The van der Waals surface area contributed by atoms with Gasteiger partial charge in [-0.15, -0.1) is 4.67 Å². The quantitative estimate of drug-likeness (QED) is 0.162. The summed E-state index contributed by atoms with van der Waals surface area (Å²) >= 11 is 0. The van der Waals surface area contributed by atoms with Crippen molar-refractivity contribution in [2.45, 2.75) is 0 Å². The average molecular weight is 197 g/mol. The standard InChI is InChI=1S/C4H8NO6P/c1-12(8,9)11-10-3-2-5(7)4-6/h2-4,7H,1H3,(H,8,9). The second kappa shape index (κ2) is 4.89. The highest BCUT2D eigenvalue weighted by molar-refractivity contribution is 7.51. The smallest absolute Gasteiger partial charge is 0.335 e. The Labute approximate surface area is 68.2 Å². The molecule has 0 aliphatic rings. The van der Waals surface area contributed by atoms with Crippen LogP contribution >= 0.6 is 7.60 Å². The predicted molar refractivity (Wildman–Crippen MR) is 36.7 cm³/mol. The largest absolute Gasteiger partial charge is 0.363 e. The lowest BCUT2D eigenvalue weighted by molar-refractivity contribution is -0.161. The summed E-state index contributed by atoms with van der Waals surface area (Å²) in [7, 11) is -3.70. The molecule has 7 nitrogen and oxygen atoms in total. The summed E-state index contributed by atoms with van der Waals surface area (Å²) in [6, 6.07) is 0. The Kier molecular flexibility index (Phi) is 4.53. The van der Waals surface area contributed by atoms with E-state index in [1.165, 1.54) is 0 Å². The van der Waals surface area contributed by atoms with Crippen LogP contribution in [-0.4, -0.2) is 28.2 Å². The fourth-order valence-corrected chi connectivity index (χ4v) is 0.436. The van der Waals surface area contributed by atoms with E-state index in [2.05, 4.69) is 9.56 Å². The van der Waals surface area contributed by atoms with E-state index < -0.39 is 7.60 Å². The number of hydrogen-bond acceptors (Lipinski definition) is 5. The van der Waals surface area contributed by atoms with Crippen LogP contribution < -0.4 is 0 Å². The van der Waals surface area contributed by atoms with Crippen molar-refractivity contribution in [3.63, 3.8) is 0 Å². The summed E-state index contributed by atoms with van der Waals surface area (Å²) in [6.45, 7) is 0.914. The van der Waals surface area contributed by atoms with Crippen LogP contribution in [0.25, 0.3) is 0 Å². The van der Waals surface area contributed by atoms with Crippen molar-refractivity contribution >= 4 is 14.0 Å². The van der Waals surface area contributed by atoms with Crippen molar-refractivity contribution in [3.05, 3.63) is 12.5 Å². The predicted octanol–water partition coefficient (Wildman–Crippen LogP) is 0.0686. The van der Waals surface area contributed by atoms with E-state index in [0.717, 1.165) is 19.1 Å². The average Bonchev–Trinajstić information content (AvgIpc) is 1.96. The topological polar surface area (TPSA) is 96.3 Å². The number of carbonyl (C=O) groups excluding carboxylic acids is 1. The number of rotatable bonds is 5. The van der Waals surface area contributed by atoms with Crippen LogP contribution in [0.15, 0.2) is 12.5 Å². The molecule has 0 fully saturated rings. The van der Waals surface area contributed by atoms with E-state index >= 15 is 0 Å². The molecule has 0 aromatic heterocycles. The molecule has 0 aliphatic carbocycles. The first-order valence-corrected chi connectivity index (χ1v) is 4.72. The monoisotopic (exact) mass is 197 g/mol. The third-order valence-electron chi connectivity index (χ3n) is 0.558. The van der Waals surface area contributed by atoms with Gasteiger partial charge in [0.25, 0.3) is 0 Å². The van der Waals surface area contributed by atoms with Gasteiger partial charge in [-0.25, -0.2) is 0 Å². The normalized spacial score (nSPS) is 15.6. The van der Waals surface area contributed by atoms with Crippen LogP contribution in [0, 0.1) is 0 Å². The molecule has 0 heterocycles. The summed E-state index contributed by atoms with van der Waals surface area (Å²) in [5.74, 6) is 0. The molecule has 8 heteroatoms. The summed E-state index contributed by atoms with van der Waals surface area (Å²) in [6.07, 6.45) is 1.59. The Bertz CT molecular complexity index is 210. The van der Waals surface area contributed by atoms with Crippen molar-refractivity contribution in [1.29, 1.82) is 0 Å². The Hall–Kier alpha value is -0.880. The number of hydroxylamine groups is 2. The first-order chi connectivity index (χ1) is 5.45. The minimum absolute atomic E-state index is 0.0876. The van der Waals surface area contributed by atoms with Crippen LogP contribution in [0.4, 0.5) is 0 Å². The summed E-state index contributed by atoms with van der Waals surface area (Å²) in [5.41, 5.74) is 0. The summed E-state index contributed by atoms with van der Waals surface area (Å²) in [4.78, 5) is 22.2. The lowest BCUT2D eigenvalue weighted by Gasteiger charge is -2.03. The molecule has 1 unspecified atom stereocenters. The highest BCUT2D eigenvalue weighted by Crippen LogP contribution is 2.36. The Morgan fingerprint density at radius 2 is 2.17 bits per heavy atom. The Morgan fingerprint density at radius 1 is 1.58 bits per heavy atom. The summed E-state index contributed by atoms with van der Waals surface area (Å²) < 4.78 is 14.3. The Morgan fingerprint density at radius 3 is 2.58 bits per heavy atom. The number of nitrogens with zero attached hydrogens (tertiary/aromatic N) is 1. The maximum Gasteiger partial charge on any atom is 0.363 e. The zero-order chi connectivity index (χ0) is 9.61. The highest BCUT2D eigenvalue weighted by atomic mass is 31.2. The van der Waals surface area contributed by atoms with Gasteiger partial charge in [0, 0.05) is 6.66 Å². The van der Waals surface area contributed by atoms with Crippen molar-refractivity contribution in [3.8, 4) is 0 Å². The van der Waals surface area contributed by atoms with E-state index in [4.69, 9.17) is 10.1 Å². The molecule has 1 atom stereocenters. The van der Waals surface area contributed by atoms with Crippen LogP contribution in [-0.2, 0) is 18.9 Å². The maximum absolute atomic E-state index is 10.4. The number of carbonyl (C=O) groups is 1. The molecule has 0 saturated carbocycles. The highest BCUT2D eigenvalue weighted by Gasteiger charge is 2.10. The number of amides is 1. The van der Waals surface area contributed by atoms with E-state index in [-0.39, 0.29) is 11.5 Å². The molecule has 2 N–H and O–H groups in total. The van der Waals surface area contributed by atoms with Gasteiger partial charge < -0.3 is 9.78 Å². The van der Waals surface area contributed by atoms with Crippen molar-refractivity contribution in [1.82, 2.24) is 5.06 Å². The third-order valence-corrected chi connectivity index (χ3v) is 0.921. The van der Waals surface area contributed by atoms with Gasteiger partial charge >= 0.3 is 7.60 Å². The van der Waals surface area contributed by atoms with Gasteiger partial charge in [-0.2, -0.15) is 5.06 Å². The first-order valence-electron chi connectivity index (χ1n) is 2.70. The maximum atomic E-state index is 10.4. The van der Waals surface area contributed by atoms with Crippen molar-refractivity contribution in [2.75, 3.05) is 6.66 Å². The second-order valence-corrected chi connectivity index (χ2v) is 3.50. The van der Waals surface area contributed by atoms with Gasteiger partial charge in [-0.05, 0) is 0 Å². The van der Waals surface area contributed by atoms with Gasteiger partial charge in [0.15, 0.2) is 0 Å². The third kappa shape index (κ3) is 7.23. The van der Waals surface area contributed by atoms with Gasteiger partial charge in [0.05, 0.1) is 6.20 Å². The zero-order valence-corrected chi connectivity index (χ0v) is 7.05. The van der Waals surface area contributed by atoms with Gasteiger partial charge in [0.1, 0.15) is 6.26 Å². The molecule has 1 amide bonds. The van der Waals surface area contributed by atoms with E-state index in [0.29, 0.717) is 0 Å². The van der Waals surface area contributed by atoms with Gasteiger partial charge in [0.2, 0.25) is 6.41 Å². The molecule has 12 heavy (non-hydrogen) atoms. The minimum Gasteiger partial charge on any atom is -0.335 e. The molecule has 0 aromatic rings. The molecule has 70 valence electrons. The minimum atomic E-state index is -3.70. The lowest BCUT2D eigenvalue weighted by atomic mass is 10.9. The molecule has 0 bridgehead atoms. The first kappa shape index (κ1) is 11.1. The van der Waals surface area contributed by atoms with Crippen LogP contribution in [0.1, 0.15) is 0 Å². The van der Waals surface area contributed by atoms with E-state index in [1.807, 2.05) is 0 Å². The molecule has 0 saturated heterocycles. The molecule has 0 aromatic carbocycles. The molecular weight excluding hydrogens is 189 g/mol. The molecule has 0 spiro atoms. The van der Waals surface area contributed by atoms with E-state index in [1.54, 1.807) is 0 Å². The summed E-state index contributed by atoms with van der Waals surface area (Å²) in [5, 5.41) is 8.54. The molecular formula is C4H8NO6P. The zero-order valence-electron chi connectivity index (χ0n) is 6.15. The second-order valence-electron chi connectivity index (χ2n) is 1.74. The lowest BCUT2D eigenvalue weighted by Crippen LogP contribution is -2.07. The van der Waals surface area contributed by atoms with Crippen molar-refractivity contribution in [2.24, 2.45) is 0 Å². The molecule has 0 rings (SSSR count). The van der Waals surface area contributed by atoms with Crippen molar-refractivity contribution < 1.29 is 29.0 Å². The van der Waals surface area contributed by atoms with Crippen LogP contribution in [0.2, 0.25) is 0 Å². The fourth-order valence-electron chi connectivity index (χ4n) is 0.227. The van der Waals surface area contributed by atoms with Crippen LogP contribution in [0.5, 0.6) is 0 Å². The van der Waals surface area contributed by atoms with Gasteiger partial charge in [-0.3, -0.25) is 14.6 Å². The van der Waals surface area contributed by atoms with Crippen LogP contribution in [0.3, 0.4) is 0 Å². The molecule has 0 aliphatic heterocycles. The number of hydrogen-bond donors (Lipinski definition) is 2. The Balaban J connectivity index is 3.63. The SMILES string of the molecule is CP(=O)(O)OOC=CN(O)C=O. The fraction of sp³-hybridized carbons (Fsp3) is 0.250. The van der Waals surface area contributed by atoms with E-state index in [9.17, 15) is 9.36 Å². The molecule has 0 radical (unpaired) electrons.